The molecule has 2 N–H and O–H groups in total. The Morgan fingerprint density at radius 3 is 2.94 bits per heavy atom. The van der Waals surface area contributed by atoms with Gasteiger partial charge in [0.1, 0.15) is 0 Å². The standard InChI is InChI=1S/C12H12ClN3/c13-11-8-10(2-1-5-14)3-4-12(11)16-7-6-15-9-16/h1-4,6-9H,5,14H2/b2-1+. The molecule has 0 spiro atoms. The monoisotopic (exact) mass is 233 g/mol. The van der Waals surface area contributed by atoms with Crippen LogP contribution in [0.3, 0.4) is 0 Å². The summed E-state index contributed by atoms with van der Waals surface area (Å²) in [4.78, 5) is 3.99. The number of hydrogen-bond acceptors (Lipinski definition) is 2. The van der Waals surface area contributed by atoms with E-state index in [1.165, 1.54) is 0 Å². The second-order valence-corrected chi connectivity index (χ2v) is 3.73. The molecule has 0 saturated carbocycles. The minimum absolute atomic E-state index is 0.529. The summed E-state index contributed by atoms with van der Waals surface area (Å²) in [6.07, 6.45) is 9.14. The normalized spacial score (nSPS) is 11.1. The van der Waals surface area contributed by atoms with E-state index in [0.29, 0.717) is 11.6 Å². The van der Waals surface area contributed by atoms with E-state index in [2.05, 4.69) is 4.98 Å². The van der Waals surface area contributed by atoms with Crippen LogP contribution in [0.4, 0.5) is 0 Å². The third kappa shape index (κ3) is 2.32. The second kappa shape index (κ2) is 4.96. The quantitative estimate of drug-likeness (QED) is 0.885. The Labute approximate surface area is 99.2 Å². The third-order valence-corrected chi connectivity index (χ3v) is 2.50. The lowest BCUT2D eigenvalue weighted by molar-refractivity contribution is 1.06. The molecule has 0 aliphatic heterocycles. The van der Waals surface area contributed by atoms with Gasteiger partial charge in [-0.3, -0.25) is 0 Å². The van der Waals surface area contributed by atoms with Gasteiger partial charge in [0.25, 0.3) is 0 Å². The van der Waals surface area contributed by atoms with E-state index in [1.807, 2.05) is 41.1 Å². The van der Waals surface area contributed by atoms with Crippen LogP contribution in [-0.4, -0.2) is 16.1 Å². The van der Waals surface area contributed by atoms with E-state index in [9.17, 15) is 0 Å². The Morgan fingerprint density at radius 1 is 1.44 bits per heavy atom. The SMILES string of the molecule is NC/C=C/c1ccc(-n2ccnc2)c(Cl)c1. The first kappa shape index (κ1) is 10.9. The van der Waals surface area contributed by atoms with E-state index >= 15 is 0 Å². The van der Waals surface area contributed by atoms with E-state index in [0.717, 1.165) is 11.3 Å². The average Bonchev–Trinajstić information content (AvgIpc) is 2.80. The molecular weight excluding hydrogens is 222 g/mol. The predicted molar refractivity (Wildman–Crippen MR) is 66.7 cm³/mol. The van der Waals surface area contributed by atoms with Gasteiger partial charge in [-0.05, 0) is 17.7 Å². The van der Waals surface area contributed by atoms with Gasteiger partial charge in [-0.25, -0.2) is 4.98 Å². The van der Waals surface area contributed by atoms with Crippen LogP contribution in [-0.2, 0) is 0 Å². The Bertz CT molecular complexity index is 489. The van der Waals surface area contributed by atoms with E-state index in [4.69, 9.17) is 17.3 Å². The summed E-state index contributed by atoms with van der Waals surface area (Å²) < 4.78 is 1.87. The van der Waals surface area contributed by atoms with Gasteiger partial charge >= 0.3 is 0 Å². The van der Waals surface area contributed by atoms with Crippen molar-refractivity contribution in [1.29, 1.82) is 0 Å². The molecule has 1 heterocycles. The number of halogens is 1. The van der Waals surface area contributed by atoms with Gasteiger partial charge in [0, 0.05) is 18.9 Å². The highest BCUT2D eigenvalue weighted by atomic mass is 35.5. The number of imidazole rings is 1. The molecule has 2 rings (SSSR count). The molecule has 0 amide bonds. The van der Waals surface area contributed by atoms with Gasteiger partial charge in [-0.15, -0.1) is 0 Å². The first-order valence-electron chi connectivity index (χ1n) is 4.96. The first-order valence-corrected chi connectivity index (χ1v) is 5.33. The fourth-order valence-corrected chi connectivity index (χ4v) is 1.73. The molecule has 1 aromatic heterocycles. The van der Waals surface area contributed by atoms with Crippen LogP contribution in [0.15, 0.2) is 43.0 Å². The minimum Gasteiger partial charge on any atom is -0.327 e. The number of nitrogens with zero attached hydrogens (tertiary/aromatic N) is 2. The summed E-state index contributed by atoms with van der Waals surface area (Å²) in [6.45, 7) is 0.529. The molecule has 82 valence electrons. The molecule has 0 atom stereocenters. The zero-order chi connectivity index (χ0) is 11.4. The number of benzene rings is 1. The van der Waals surface area contributed by atoms with Crippen molar-refractivity contribution >= 4 is 17.7 Å². The van der Waals surface area contributed by atoms with E-state index < -0.39 is 0 Å². The van der Waals surface area contributed by atoms with Crippen molar-refractivity contribution in [2.24, 2.45) is 5.73 Å². The second-order valence-electron chi connectivity index (χ2n) is 3.32. The van der Waals surface area contributed by atoms with Crippen LogP contribution >= 0.6 is 11.6 Å². The lowest BCUT2D eigenvalue weighted by Gasteiger charge is -2.05. The molecule has 16 heavy (non-hydrogen) atoms. The summed E-state index contributed by atoms with van der Waals surface area (Å²) in [6, 6.07) is 5.86. The van der Waals surface area contributed by atoms with Crippen molar-refractivity contribution in [1.82, 2.24) is 9.55 Å². The molecule has 3 nitrogen and oxygen atoms in total. The number of rotatable bonds is 3. The average molecular weight is 234 g/mol. The molecule has 4 heteroatoms. The van der Waals surface area contributed by atoms with Crippen LogP contribution in [0.1, 0.15) is 5.56 Å². The Hall–Kier alpha value is -1.58. The summed E-state index contributed by atoms with van der Waals surface area (Å²) >= 11 is 6.19. The predicted octanol–water partition coefficient (Wildman–Crippen LogP) is 2.50. The summed E-state index contributed by atoms with van der Waals surface area (Å²) in [7, 11) is 0. The molecule has 1 aromatic carbocycles. The Kier molecular flexibility index (Phi) is 3.39. The zero-order valence-corrected chi connectivity index (χ0v) is 9.43. The minimum atomic E-state index is 0.529. The summed E-state index contributed by atoms with van der Waals surface area (Å²) in [5, 5.41) is 0.692. The molecule has 0 saturated heterocycles. The molecule has 0 radical (unpaired) electrons. The van der Waals surface area contributed by atoms with Crippen molar-refractivity contribution < 1.29 is 0 Å². The van der Waals surface area contributed by atoms with Crippen LogP contribution in [0, 0.1) is 0 Å². The highest BCUT2D eigenvalue weighted by Gasteiger charge is 2.01. The summed E-state index contributed by atoms with van der Waals surface area (Å²) in [5.74, 6) is 0. The van der Waals surface area contributed by atoms with Crippen LogP contribution < -0.4 is 5.73 Å². The maximum atomic E-state index is 6.19. The van der Waals surface area contributed by atoms with Crippen LogP contribution in [0.5, 0.6) is 0 Å². The van der Waals surface area contributed by atoms with Crippen molar-refractivity contribution in [2.75, 3.05) is 6.54 Å². The summed E-state index contributed by atoms with van der Waals surface area (Å²) in [5.41, 5.74) is 7.35. The van der Waals surface area contributed by atoms with Gasteiger partial charge in [-0.2, -0.15) is 0 Å². The molecular formula is C12H12ClN3. The van der Waals surface area contributed by atoms with Gasteiger partial charge in [-0.1, -0.05) is 29.8 Å². The third-order valence-electron chi connectivity index (χ3n) is 2.20. The molecule has 0 unspecified atom stereocenters. The van der Waals surface area contributed by atoms with Crippen molar-refractivity contribution in [3.8, 4) is 5.69 Å². The van der Waals surface area contributed by atoms with Gasteiger partial charge in [0.15, 0.2) is 0 Å². The molecule has 0 aliphatic rings. The van der Waals surface area contributed by atoms with E-state index in [1.54, 1.807) is 12.5 Å². The number of aromatic nitrogens is 2. The molecule has 0 fully saturated rings. The zero-order valence-electron chi connectivity index (χ0n) is 8.68. The smallest absolute Gasteiger partial charge is 0.0992 e. The van der Waals surface area contributed by atoms with Crippen LogP contribution in [0.25, 0.3) is 11.8 Å². The Morgan fingerprint density at radius 2 is 2.31 bits per heavy atom. The largest absolute Gasteiger partial charge is 0.327 e. The van der Waals surface area contributed by atoms with Gasteiger partial charge in [0.2, 0.25) is 0 Å². The lowest BCUT2D eigenvalue weighted by Crippen LogP contribution is -1.93. The van der Waals surface area contributed by atoms with Crippen LogP contribution in [0.2, 0.25) is 5.02 Å². The fraction of sp³-hybridized carbons (Fsp3) is 0.0833. The highest BCUT2D eigenvalue weighted by Crippen LogP contribution is 2.22. The number of nitrogens with two attached hydrogens (primary N) is 1. The van der Waals surface area contributed by atoms with Crippen molar-refractivity contribution in [3.63, 3.8) is 0 Å². The highest BCUT2D eigenvalue weighted by molar-refractivity contribution is 6.32. The maximum Gasteiger partial charge on any atom is 0.0992 e. The maximum absolute atomic E-state index is 6.19. The lowest BCUT2D eigenvalue weighted by atomic mass is 10.2. The van der Waals surface area contributed by atoms with Crippen molar-refractivity contribution in [3.05, 3.63) is 53.6 Å². The molecule has 2 aromatic rings. The van der Waals surface area contributed by atoms with Gasteiger partial charge in [0.05, 0.1) is 17.0 Å². The molecule has 0 bridgehead atoms. The molecule has 0 aliphatic carbocycles. The van der Waals surface area contributed by atoms with E-state index in [-0.39, 0.29) is 0 Å². The topological polar surface area (TPSA) is 43.8 Å². The first-order chi connectivity index (χ1) is 7.81. The van der Waals surface area contributed by atoms with Gasteiger partial charge < -0.3 is 10.3 Å². The van der Waals surface area contributed by atoms with Crippen molar-refractivity contribution in [2.45, 2.75) is 0 Å². The fourth-order valence-electron chi connectivity index (χ4n) is 1.44. The Balaban J connectivity index is 2.34. The number of hydrogen-bond donors (Lipinski definition) is 1.